The summed E-state index contributed by atoms with van der Waals surface area (Å²) >= 11 is 0. The van der Waals surface area contributed by atoms with E-state index in [1.54, 1.807) is 12.2 Å². The van der Waals surface area contributed by atoms with Crippen LogP contribution in [0.25, 0.3) is 0 Å². The van der Waals surface area contributed by atoms with Crippen LogP contribution in [0.2, 0.25) is 0 Å². The fourth-order valence-corrected chi connectivity index (χ4v) is 1.32. The number of aliphatic hydroxyl groups excluding tert-OH is 1. The molecule has 0 aromatic heterocycles. The van der Waals surface area contributed by atoms with Crippen molar-refractivity contribution in [1.82, 2.24) is 0 Å². The summed E-state index contributed by atoms with van der Waals surface area (Å²) in [5.74, 6) is -1.20. The maximum absolute atomic E-state index is 10.6. The first-order valence-electron chi connectivity index (χ1n) is 3.70. The molecule has 0 amide bonds. The number of hydrogen-bond donors (Lipinski definition) is 2. The summed E-state index contributed by atoms with van der Waals surface area (Å²) in [6.07, 6.45) is 3.18. The van der Waals surface area contributed by atoms with Crippen LogP contribution in [0, 0.1) is 11.8 Å². The summed E-state index contributed by atoms with van der Waals surface area (Å²) in [6, 6.07) is 0. The van der Waals surface area contributed by atoms with Crippen LogP contribution in [0.5, 0.6) is 0 Å². The molecule has 0 aliphatic heterocycles. The van der Waals surface area contributed by atoms with Crippen molar-refractivity contribution in [2.45, 2.75) is 19.4 Å². The Labute approximate surface area is 65.3 Å². The molecule has 3 heteroatoms. The predicted molar refractivity (Wildman–Crippen MR) is 40.1 cm³/mol. The molecule has 3 nitrogen and oxygen atoms in total. The van der Waals surface area contributed by atoms with E-state index in [1.807, 2.05) is 6.92 Å². The highest BCUT2D eigenvalue weighted by atomic mass is 16.4. The SMILES string of the molecule is C[C@@H]1C=C[C@@H](O)C[C@H]1C(=O)O. The number of aliphatic carboxylic acids is 1. The van der Waals surface area contributed by atoms with Crippen molar-refractivity contribution in [2.75, 3.05) is 0 Å². The summed E-state index contributed by atoms with van der Waals surface area (Å²) in [5.41, 5.74) is 0. The number of allylic oxidation sites excluding steroid dienone is 1. The number of rotatable bonds is 1. The maximum atomic E-state index is 10.6. The molecule has 11 heavy (non-hydrogen) atoms. The molecule has 0 bridgehead atoms. The Bertz CT molecular complexity index is 186. The van der Waals surface area contributed by atoms with Crippen molar-refractivity contribution < 1.29 is 15.0 Å². The van der Waals surface area contributed by atoms with Gasteiger partial charge in [-0.25, -0.2) is 0 Å². The van der Waals surface area contributed by atoms with Gasteiger partial charge in [0.15, 0.2) is 0 Å². The van der Waals surface area contributed by atoms with Gasteiger partial charge in [0.1, 0.15) is 0 Å². The lowest BCUT2D eigenvalue weighted by atomic mass is 9.84. The molecule has 0 spiro atoms. The zero-order valence-corrected chi connectivity index (χ0v) is 6.40. The minimum atomic E-state index is -0.819. The van der Waals surface area contributed by atoms with E-state index in [-0.39, 0.29) is 5.92 Å². The maximum Gasteiger partial charge on any atom is 0.307 e. The first kappa shape index (κ1) is 8.27. The second kappa shape index (κ2) is 3.05. The lowest BCUT2D eigenvalue weighted by molar-refractivity contribution is -0.144. The van der Waals surface area contributed by atoms with E-state index < -0.39 is 18.0 Å². The van der Waals surface area contributed by atoms with E-state index in [9.17, 15) is 4.79 Å². The van der Waals surface area contributed by atoms with E-state index in [0.29, 0.717) is 6.42 Å². The van der Waals surface area contributed by atoms with Crippen molar-refractivity contribution in [3.8, 4) is 0 Å². The standard InChI is InChI=1S/C8H12O3/c1-5-2-3-6(9)4-7(5)8(10)11/h2-3,5-7,9H,4H2,1H3,(H,10,11)/t5-,6-,7-/m1/s1. The van der Waals surface area contributed by atoms with E-state index in [4.69, 9.17) is 10.2 Å². The van der Waals surface area contributed by atoms with Crippen LogP contribution in [-0.2, 0) is 4.79 Å². The third-order valence-corrected chi connectivity index (χ3v) is 2.08. The van der Waals surface area contributed by atoms with E-state index in [0.717, 1.165) is 0 Å². The quantitative estimate of drug-likeness (QED) is 0.548. The molecule has 0 radical (unpaired) electrons. The largest absolute Gasteiger partial charge is 0.481 e. The van der Waals surface area contributed by atoms with Crippen molar-refractivity contribution >= 4 is 5.97 Å². The van der Waals surface area contributed by atoms with Gasteiger partial charge in [0.25, 0.3) is 0 Å². The highest BCUT2D eigenvalue weighted by Gasteiger charge is 2.27. The van der Waals surface area contributed by atoms with Gasteiger partial charge in [0, 0.05) is 0 Å². The predicted octanol–water partition coefficient (Wildman–Crippen LogP) is 0.644. The van der Waals surface area contributed by atoms with Crippen LogP contribution in [0.1, 0.15) is 13.3 Å². The summed E-state index contributed by atoms with van der Waals surface area (Å²) in [4.78, 5) is 10.6. The van der Waals surface area contributed by atoms with Gasteiger partial charge < -0.3 is 10.2 Å². The fraction of sp³-hybridized carbons (Fsp3) is 0.625. The van der Waals surface area contributed by atoms with Gasteiger partial charge in [0.05, 0.1) is 12.0 Å². The van der Waals surface area contributed by atoms with Gasteiger partial charge in [-0.2, -0.15) is 0 Å². The van der Waals surface area contributed by atoms with Crippen LogP contribution < -0.4 is 0 Å². The summed E-state index contributed by atoms with van der Waals surface area (Å²) in [6.45, 7) is 1.85. The molecule has 1 rings (SSSR count). The van der Waals surface area contributed by atoms with Crippen LogP contribution >= 0.6 is 0 Å². The smallest absolute Gasteiger partial charge is 0.307 e. The molecule has 62 valence electrons. The molecule has 0 aromatic rings. The molecule has 0 aromatic carbocycles. The van der Waals surface area contributed by atoms with Gasteiger partial charge in [-0.1, -0.05) is 19.1 Å². The Morgan fingerprint density at radius 2 is 2.18 bits per heavy atom. The normalized spacial score (nSPS) is 37.1. The van der Waals surface area contributed by atoms with Crippen LogP contribution in [-0.4, -0.2) is 22.3 Å². The summed E-state index contributed by atoms with van der Waals surface area (Å²) < 4.78 is 0. The van der Waals surface area contributed by atoms with E-state index in [2.05, 4.69) is 0 Å². The summed E-state index contributed by atoms with van der Waals surface area (Å²) in [5, 5.41) is 17.8. The Morgan fingerprint density at radius 3 is 2.64 bits per heavy atom. The second-order valence-electron chi connectivity index (χ2n) is 2.99. The lowest BCUT2D eigenvalue weighted by Gasteiger charge is -2.23. The van der Waals surface area contributed by atoms with Crippen LogP contribution in [0.15, 0.2) is 12.2 Å². The number of hydrogen-bond acceptors (Lipinski definition) is 2. The minimum absolute atomic E-state index is 0.0379. The topological polar surface area (TPSA) is 57.5 Å². The van der Waals surface area contributed by atoms with E-state index in [1.165, 1.54) is 0 Å². The number of carboxylic acid groups (broad SMARTS) is 1. The zero-order valence-electron chi connectivity index (χ0n) is 6.40. The Balaban J connectivity index is 2.68. The van der Waals surface area contributed by atoms with Gasteiger partial charge in [-0.3, -0.25) is 4.79 Å². The molecular weight excluding hydrogens is 144 g/mol. The highest BCUT2D eigenvalue weighted by molar-refractivity contribution is 5.71. The van der Waals surface area contributed by atoms with Crippen LogP contribution in [0.4, 0.5) is 0 Å². The third kappa shape index (κ3) is 1.80. The van der Waals surface area contributed by atoms with Crippen molar-refractivity contribution in [1.29, 1.82) is 0 Å². The molecule has 2 N–H and O–H groups in total. The average molecular weight is 156 g/mol. The Kier molecular flexibility index (Phi) is 2.29. The zero-order chi connectivity index (χ0) is 8.43. The Morgan fingerprint density at radius 1 is 1.55 bits per heavy atom. The minimum Gasteiger partial charge on any atom is -0.481 e. The number of carboxylic acids is 1. The molecule has 1 aliphatic carbocycles. The molecule has 0 heterocycles. The molecular formula is C8H12O3. The molecule has 0 unspecified atom stereocenters. The van der Waals surface area contributed by atoms with Gasteiger partial charge in [0.2, 0.25) is 0 Å². The van der Waals surface area contributed by atoms with E-state index >= 15 is 0 Å². The van der Waals surface area contributed by atoms with Crippen molar-refractivity contribution in [3.05, 3.63) is 12.2 Å². The van der Waals surface area contributed by atoms with Crippen molar-refractivity contribution in [3.63, 3.8) is 0 Å². The first-order valence-corrected chi connectivity index (χ1v) is 3.70. The second-order valence-corrected chi connectivity index (χ2v) is 2.99. The molecule has 0 saturated heterocycles. The number of aliphatic hydroxyl groups is 1. The average Bonchev–Trinajstić information content (AvgIpc) is 1.94. The van der Waals surface area contributed by atoms with Gasteiger partial charge >= 0.3 is 5.97 Å². The fourth-order valence-electron chi connectivity index (χ4n) is 1.32. The molecule has 3 atom stereocenters. The van der Waals surface area contributed by atoms with Crippen molar-refractivity contribution in [2.24, 2.45) is 11.8 Å². The molecule has 0 saturated carbocycles. The summed E-state index contributed by atoms with van der Waals surface area (Å²) in [7, 11) is 0. The number of carbonyl (C=O) groups is 1. The Hall–Kier alpha value is -0.830. The van der Waals surface area contributed by atoms with Gasteiger partial charge in [-0.15, -0.1) is 0 Å². The monoisotopic (exact) mass is 156 g/mol. The highest BCUT2D eigenvalue weighted by Crippen LogP contribution is 2.24. The van der Waals surface area contributed by atoms with Crippen LogP contribution in [0.3, 0.4) is 0 Å². The molecule has 1 aliphatic rings. The molecule has 0 fully saturated rings. The third-order valence-electron chi connectivity index (χ3n) is 2.08. The lowest BCUT2D eigenvalue weighted by Crippen LogP contribution is -2.28. The first-order chi connectivity index (χ1) is 5.11. The van der Waals surface area contributed by atoms with Gasteiger partial charge in [-0.05, 0) is 12.3 Å².